The summed E-state index contributed by atoms with van der Waals surface area (Å²) in [6.45, 7) is 4.15. The maximum Gasteiger partial charge on any atom is 0.411 e. The normalized spacial score (nSPS) is 35.2. The van der Waals surface area contributed by atoms with Crippen LogP contribution in [0.1, 0.15) is 31.4 Å². The molecular formula is C14H17NO2. The van der Waals surface area contributed by atoms with Gasteiger partial charge < -0.3 is 4.74 Å². The maximum atomic E-state index is 11.9. The molecule has 1 heterocycles. The molecule has 0 spiro atoms. The Bertz CT molecular complexity index is 499. The Labute approximate surface area is 101 Å². The third-order valence-corrected chi connectivity index (χ3v) is 4.70. The van der Waals surface area contributed by atoms with Crippen LogP contribution in [0.5, 0.6) is 0 Å². The van der Waals surface area contributed by atoms with Gasteiger partial charge in [0.1, 0.15) is 11.1 Å². The van der Waals surface area contributed by atoms with Crippen LogP contribution in [0.4, 0.5) is 4.79 Å². The first kappa shape index (κ1) is 10.6. The van der Waals surface area contributed by atoms with Gasteiger partial charge in [-0.15, -0.1) is 0 Å². The molecule has 3 rings (SSSR count). The van der Waals surface area contributed by atoms with E-state index in [0.29, 0.717) is 0 Å². The lowest BCUT2D eigenvalue weighted by molar-refractivity contribution is -0.00633. The van der Waals surface area contributed by atoms with Crippen LogP contribution in [0, 0.1) is 0 Å². The van der Waals surface area contributed by atoms with Crippen molar-refractivity contribution in [2.75, 3.05) is 7.05 Å². The second-order valence-corrected chi connectivity index (χ2v) is 5.39. The van der Waals surface area contributed by atoms with E-state index in [2.05, 4.69) is 25.1 Å². The van der Waals surface area contributed by atoms with Gasteiger partial charge in [-0.25, -0.2) is 4.79 Å². The van der Waals surface area contributed by atoms with Gasteiger partial charge >= 0.3 is 6.09 Å². The van der Waals surface area contributed by atoms with Crippen molar-refractivity contribution in [3.8, 4) is 0 Å². The zero-order chi connectivity index (χ0) is 12.3. The van der Waals surface area contributed by atoms with Crippen molar-refractivity contribution in [1.29, 1.82) is 0 Å². The predicted octanol–water partition coefficient (Wildman–Crippen LogP) is 2.69. The summed E-state index contributed by atoms with van der Waals surface area (Å²) in [6, 6.07) is 8.36. The molecule has 0 N–H and O–H groups in total. The number of likely N-dealkylation sites (N-methyl/N-ethyl adjacent to an activating group) is 1. The monoisotopic (exact) mass is 231 g/mol. The van der Waals surface area contributed by atoms with Crippen molar-refractivity contribution in [1.82, 2.24) is 4.90 Å². The second-order valence-electron chi connectivity index (χ2n) is 5.39. The lowest BCUT2D eigenvalue weighted by Crippen LogP contribution is -2.53. The van der Waals surface area contributed by atoms with Crippen molar-refractivity contribution in [2.45, 2.75) is 37.8 Å². The van der Waals surface area contributed by atoms with Crippen LogP contribution in [0.15, 0.2) is 24.3 Å². The molecule has 0 bridgehead atoms. The molecule has 3 nitrogen and oxygen atoms in total. The Hall–Kier alpha value is -1.51. The zero-order valence-corrected chi connectivity index (χ0v) is 10.5. The van der Waals surface area contributed by atoms with Gasteiger partial charge in [-0.1, -0.05) is 24.3 Å². The molecule has 1 aromatic rings. The van der Waals surface area contributed by atoms with Crippen LogP contribution in [0.25, 0.3) is 0 Å². The van der Waals surface area contributed by atoms with Crippen LogP contribution in [0.3, 0.4) is 0 Å². The summed E-state index contributed by atoms with van der Waals surface area (Å²) < 4.78 is 5.61. The van der Waals surface area contributed by atoms with Gasteiger partial charge in [-0.3, -0.25) is 4.90 Å². The molecule has 1 aliphatic carbocycles. The fourth-order valence-electron chi connectivity index (χ4n) is 3.24. The summed E-state index contributed by atoms with van der Waals surface area (Å²) in [5, 5.41) is 0. The second kappa shape index (κ2) is 3.03. The molecule has 0 aromatic heterocycles. The number of nitrogens with zero attached hydrogens (tertiary/aromatic N) is 1. The number of hydrogen-bond donors (Lipinski definition) is 0. The number of aryl methyl sites for hydroxylation is 1. The zero-order valence-electron chi connectivity index (χ0n) is 10.5. The quantitative estimate of drug-likeness (QED) is 0.687. The Balaban J connectivity index is 2.25. The third kappa shape index (κ3) is 1.09. The van der Waals surface area contributed by atoms with Crippen molar-refractivity contribution in [3.05, 3.63) is 35.4 Å². The SMILES string of the molecule is CN1C(=O)O[C@]2(C)CCc3ccccc3[C@]12C. The first-order chi connectivity index (χ1) is 7.99. The van der Waals surface area contributed by atoms with Crippen LogP contribution in [-0.2, 0) is 16.7 Å². The minimum absolute atomic E-state index is 0.216. The van der Waals surface area contributed by atoms with Crippen LogP contribution in [-0.4, -0.2) is 23.6 Å². The fraction of sp³-hybridized carbons (Fsp3) is 0.500. The molecule has 1 fully saturated rings. The number of hydrogen-bond acceptors (Lipinski definition) is 2. The van der Waals surface area contributed by atoms with Crippen molar-refractivity contribution >= 4 is 6.09 Å². The van der Waals surface area contributed by atoms with E-state index in [4.69, 9.17) is 4.74 Å². The van der Waals surface area contributed by atoms with Crippen molar-refractivity contribution in [3.63, 3.8) is 0 Å². The summed E-state index contributed by atoms with van der Waals surface area (Å²) in [6.07, 6.45) is 1.65. The molecule has 3 heteroatoms. The molecule has 90 valence electrons. The van der Waals surface area contributed by atoms with E-state index in [1.165, 1.54) is 11.1 Å². The van der Waals surface area contributed by atoms with Crippen LogP contribution in [0.2, 0.25) is 0 Å². The highest BCUT2D eigenvalue weighted by Gasteiger charge is 2.61. The number of fused-ring (bicyclic) bond motifs is 3. The largest absolute Gasteiger partial charge is 0.440 e. The van der Waals surface area contributed by atoms with Gasteiger partial charge in [0.05, 0.1) is 0 Å². The Morgan fingerprint density at radius 2 is 2.00 bits per heavy atom. The highest BCUT2D eigenvalue weighted by Crippen LogP contribution is 2.52. The number of rotatable bonds is 0. The van der Waals surface area contributed by atoms with Crippen molar-refractivity contribution < 1.29 is 9.53 Å². The lowest BCUT2D eigenvalue weighted by atomic mass is 9.68. The minimum Gasteiger partial charge on any atom is -0.440 e. The third-order valence-electron chi connectivity index (χ3n) is 4.70. The van der Waals surface area contributed by atoms with E-state index in [-0.39, 0.29) is 11.6 Å². The van der Waals surface area contributed by atoms with E-state index >= 15 is 0 Å². The number of benzene rings is 1. The van der Waals surface area contributed by atoms with Gasteiger partial charge in [-0.2, -0.15) is 0 Å². The first-order valence-electron chi connectivity index (χ1n) is 6.04. The molecular weight excluding hydrogens is 214 g/mol. The summed E-state index contributed by atoms with van der Waals surface area (Å²) >= 11 is 0. The highest BCUT2D eigenvalue weighted by molar-refractivity contribution is 5.73. The minimum atomic E-state index is -0.410. The molecule has 1 aromatic carbocycles. The number of carbonyl (C=O) groups is 1. The standard InChI is InChI=1S/C14H17NO2/c1-13-9-8-10-6-4-5-7-11(10)14(13,2)15(3)12(16)17-13/h4-7H,8-9H2,1-3H3/t13-,14+/m1/s1. The van der Waals surface area contributed by atoms with Gasteiger partial charge in [-0.05, 0) is 37.8 Å². The molecule has 1 aliphatic heterocycles. The molecule has 2 aliphatic rings. The molecule has 17 heavy (non-hydrogen) atoms. The van der Waals surface area contributed by atoms with Gasteiger partial charge in [0.25, 0.3) is 0 Å². The molecule has 1 amide bonds. The van der Waals surface area contributed by atoms with E-state index in [1.54, 1.807) is 4.90 Å². The van der Waals surface area contributed by atoms with Gasteiger partial charge in [0.15, 0.2) is 0 Å². The van der Waals surface area contributed by atoms with Gasteiger partial charge in [0, 0.05) is 7.05 Å². The Morgan fingerprint density at radius 1 is 1.29 bits per heavy atom. The first-order valence-corrected chi connectivity index (χ1v) is 6.04. The molecule has 0 saturated carbocycles. The van der Waals surface area contributed by atoms with Gasteiger partial charge in [0.2, 0.25) is 0 Å². The number of carbonyl (C=O) groups excluding carboxylic acids is 1. The van der Waals surface area contributed by atoms with E-state index in [9.17, 15) is 4.79 Å². The predicted molar refractivity (Wildman–Crippen MR) is 64.8 cm³/mol. The average Bonchev–Trinajstić information content (AvgIpc) is 2.50. The fourth-order valence-corrected chi connectivity index (χ4v) is 3.24. The number of amides is 1. The Morgan fingerprint density at radius 3 is 2.76 bits per heavy atom. The van der Waals surface area contributed by atoms with E-state index in [1.807, 2.05) is 20.0 Å². The van der Waals surface area contributed by atoms with E-state index in [0.717, 1.165) is 12.8 Å². The Kier molecular flexibility index (Phi) is 1.90. The van der Waals surface area contributed by atoms with Crippen LogP contribution < -0.4 is 0 Å². The van der Waals surface area contributed by atoms with Crippen molar-refractivity contribution in [2.24, 2.45) is 0 Å². The lowest BCUT2D eigenvalue weighted by Gasteiger charge is -2.45. The average molecular weight is 231 g/mol. The topological polar surface area (TPSA) is 29.5 Å². The summed E-state index contributed by atoms with van der Waals surface area (Å²) in [4.78, 5) is 13.6. The maximum absolute atomic E-state index is 11.9. The summed E-state index contributed by atoms with van der Waals surface area (Å²) in [7, 11) is 1.83. The molecule has 0 radical (unpaired) electrons. The highest BCUT2D eigenvalue weighted by atomic mass is 16.6. The molecule has 2 atom stereocenters. The van der Waals surface area contributed by atoms with E-state index < -0.39 is 5.60 Å². The smallest absolute Gasteiger partial charge is 0.411 e. The summed E-state index contributed by atoms with van der Waals surface area (Å²) in [5.74, 6) is 0. The molecule has 0 unspecified atom stereocenters. The van der Waals surface area contributed by atoms with Crippen LogP contribution >= 0.6 is 0 Å². The molecule has 1 saturated heterocycles. The number of ether oxygens (including phenoxy) is 1. The summed E-state index contributed by atoms with van der Waals surface area (Å²) in [5.41, 5.74) is 1.80.